The molecule has 3 aromatic rings. The summed E-state index contributed by atoms with van der Waals surface area (Å²) in [6.45, 7) is 1.03. The second-order valence-electron chi connectivity index (χ2n) is 5.20. The Hall–Kier alpha value is -3.35. The molecule has 0 amide bonds. The zero-order chi connectivity index (χ0) is 16.4. The first-order valence-electron chi connectivity index (χ1n) is 7.49. The quantitative estimate of drug-likeness (QED) is 0.722. The van der Waals surface area contributed by atoms with Crippen LogP contribution in [-0.4, -0.2) is 23.4 Å². The summed E-state index contributed by atoms with van der Waals surface area (Å²) in [6, 6.07) is 14.7. The van der Waals surface area contributed by atoms with Crippen LogP contribution >= 0.6 is 0 Å². The molecule has 0 fully saturated rings. The maximum Gasteiger partial charge on any atom is 0.292 e. The van der Waals surface area contributed by atoms with Crippen molar-refractivity contribution in [1.29, 1.82) is 0 Å². The maximum atomic E-state index is 12.0. The molecule has 2 N–H and O–H groups in total. The van der Waals surface area contributed by atoms with E-state index < -0.39 is 0 Å². The number of rotatable bonds is 3. The van der Waals surface area contributed by atoms with Gasteiger partial charge in [-0.2, -0.15) is 5.11 Å². The second-order valence-corrected chi connectivity index (χ2v) is 5.20. The van der Waals surface area contributed by atoms with Crippen molar-refractivity contribution in [2.24, 2.45) is 10.2 Å². The number of hydrogen-bond donors (Lipinski definition) is 2. The van der Waals surface area contributed by atoms with E-state index in [1.807, 2.05) is 48.5 Å². The highest BCUT2D eigenvalue weighted by atomic mass is 16.6. The van der Waals surface area contributed by atoms with Crippen LogP contribution in [0, 0.1) is 0 Å². The molecule has 0 spiro atoms. The molecule has 1 aromatic heterocycles. The highest BCUT2D eigenvalue weighted by Crippen LogP contribution is 2.36. The van der Waals surface area contributed by atoms with Crippen LogP contribution in [0.4, 0.5) is 11.4 Å². The van der Waals surface area contributed by atoms with Crippen molar-refractivity contribution in [1.82, 2.24) is 10.2 Å². The number of benzene rings is 2. The third-order valence-electron chi connectivity index (χ3n) is 3.61. The van der Waals surface area contributed by atoms with Crippen molar-refractivity contribution in [3.8, 4) is 22.8 Å². The third-order valence-corrected chi connectivity index (χ3v) is 3.61. The summed E-state index contributed by atoms with van der Waals surface area (Å²) < 4.78 is 11.1. The van der Waals surface area contributed by atoms with E-state index in [1.54, 1.807) is 0 Å². The largest absolute Gasteiger partial charge is 0.486 e. The molecule has 1 aliphatic rings. The summed E-state index contributed by atoms with van der Waals surface area (Å²) in [5, 5.41) is 13.6. The highest BCUT2D eigenvalue weighted by Gasteiger charge is 2.16. The lowest BCUT2D eigenvalue weighted by molar-refractivity contribution is 0.171. The molecule has 0 bridgehead atoms. The number of hydrogen-bond acceptors (Lipinski definition) is 5. The maximum absolute atomic E-state index is 12.0. The van der Waals surface area contributed by atoms with Gasteiger partial charge in [-0.1, -0.05) is 18.2 Å². The fraction of sp³-hybridized carbons (Fsp3) is 0.118. The van der Waals surface area contributed by atoms with Crippen molar-refractivity contribution in [3.63, 3.8) is 0 Å². The summed E-state index contributed by atoms with van der Waals surface area (Å²) in [5.41, 5.74) is 1.87. The van der Waals surface area contributed by atoms with Gasteiger partial charge in [0.25, 0.3) is 5.56 Å². The molecule has 0 unspecified atom stereocenters. The summed E-state index contributed by atoms with van der Waals surface area (Å²) in [4.78, 5) is 12.0. The van der Waals surface area contributed by atoms with Crippen LogP contribution in [-0.2, 0) is 0 Å². The number of fused-ring (bicyclic) bond motifs is 1. The number of aromatic amines is 2. The van der Waals surface area contributed by atoms with Gasteiger partial charge in [0.1, 0.15) is 13.2 Å². The van der Waals surface area contributed by atoms with Crippen molar-refractivity contribution in [2.75, 3.05) is 13.2 Å². The molecule has 1 aliphatic heterocycles. The Labute approximate surface area is 137 Å². The molecule has 120 valence electrons. The van der Waals surface area contributed by atoms with E-state index >= 15 is 0 Å². The Bertz CT molecular complexity index is 944. The predicted molar refractivity (Wildman–Crippen MR) is 88.5 cm³/mol. The summed E-state index contributed by atoms with van der Waals surface area (Å²) in [5.74, 6) is 1.34. The minimum atomic E-state index is -0.334. The molecule has 0 saturated carbocycles. The second kappa shape index (κ2) is 6.04. The van der Waals surface area contributed by atoms with Crippen LogP contribution in [0.3, 0.4) is 0 Å². The molecular formula is C17H14N4O3. The minimum absolute atomic E-state index is 0.218. The first-order chi connectivity index (χ1) is 11.8. The number of azo groups is 1. The van der Waals surface area contributed by atoms with Crippen LogP contribution in [0.15, 0.2) is 63.6 Å². The van der Waals surface area contributed by atoms with Gasteiger partial charge in [-0.3, -0.25) is 15.0 Å². The predicted octanol–water partition coefficient (Wildman–Crippen LogP) is 3.56. The van der Waals surface area contributed by atoms with Gasteiger partial charge in [0.05, 0.1) is 11.4 Å². The summed E-state index contributed by atoms with van der Waals surface area (Å²) in [6.07, 6.45) is 0. The Balaban J connectivity index is 1.72. The van der Waals surface area contributed by atoms with Crippen LogP contribution in [0.2, 0.25) is 0 Å². The zero-order valence-corrected chi connectivity index (χ0v) is 12.7. The molecule has 4 rings (SSSR count). The van der Waals surface area contributed by atoms with E-state index in [0.717, 1.165) is 5.56 Å². The smallest absolute Gasteiger partial charge is 0.292 e. The average Bonchev–Trinajstić information content (AvgIpc) is 3.01. The fourth-order valence-electron chi connectivity index (χ4n) is 2.46. The normalized spacial score (nSPS) is 13.3. The molecule has 2 aromatic carbocycles. The average molecular weight is 322 g/mol. The van der Waals surface area contributed by atoms with Gasteiger partial charge in [0, 0.05) is 5.56 Å². The van der Waals surface area contributed by atoms with Crippen LogP contribution < -0.4 is 15.0 Å². The number of nitrogens with zero attached hydrogens (tertiary/aromatic N) is 2. The van der Waals surface area contributed by atoms with E-state index in [4.69, 9.17) is 9.47 Å². The monoisotopic (exact) mass is 322 g/mol. The van der Waals surface area contributed by atoms with Crippen molar-refractivity contribution >= 4 is 11.4 Å². The van der Waals surface area contributed by atoms with E-state index in [9.17, 15) is 4.79 Å². The Morgan fingerprint density at radius 1 is 0.875 bits per heavy atom. The molecule has 0 aliphatic carbocycles. The lowest BCUT2D eigenvalue weighted by Gasteiger charge is -2.18. The third kappa shape index (κ3) is 2.67. The van der Waals surface area contributed by atoms with Gasteiger partial charge in [0.2, 0.25) is 0 Å². The Morgan fingerprint density at radius 2 is 1.67 bits per heavy atom. The first kappa shape index (κ1) is 14.3. The van der Waals surface area contributed by atoms with Gasteiger partial charge < -0.3 is 9.47 Å². The van der Waals surface area contributed by atoms with Crippen molar-refractivity contribution in [2.45, 2.75) is 0 Å². The molecule has 24 heavy (non-hydrogen) atoms. The van der Waals surface area contributed by atoms with E-state index in [-0.39, 0.29) is 11.2 Å². The van der Waals surface area contributed by atoms with Crippen LogP contribution in [0.25, 0.3) is 11.3 Å². The molecule has 2 heterocycles. The van der Waals surface area contributed by atoms with E-state index in [0.29, 0.717) is 36.1 Å². The van der Waals surface area contributed by atoms with Gasteiger partial charge in [0.15, 0.2) is 17.2 Å². The molecule has 0 saturated heterocycles. The number of H-pyrrole nitrogens is 2. The van der Waals surface area contributed by atoms with E-state index in [1.165, 1.54) is 0 Å². The number of ether oxygens (including phenoxy) is 2. The van der Waals surface area contributed by atoms with Gasteiger partial charge in [-0.05, 0) is 30.3 Å². The van der Waals surface area contributed by atoms with Gasteiger partial charge >= 0.3 is 0 Å². The first-order valence-corrected chi connectivity index (χ1v) is 7.49. The summed E-state index contributed by atoms with van der Waals surface area (Å²) in [7, 11) is 0. The molecular weight excluding hydrogens is 308 g/mol. The van der Waals surface area contributed by atoms with Crippen LogP contribution in [0.1, 0.15) is 0 Å². The topological polar surface area (TPSA) is 91.8 Å². The zero-order valence-electron chi connectivity index (χ0n) is 12.7. The standard InChI is InChI=1S/C17H14N4O3/c22-17-16(20-18-12-4-2-1-3-5-12)15(19-21-17)11-6-7-13-14(10-11)24-9-8-23-13/h1-7,10H,8-9H2,(H2,19,21,22). The summed E-state index contributed by atoms with van der Waals surface area (Å²) >= 11 is 0. The molecule has 0 radical (unpaired) electrons. The fourth-order valence-corrected chi connectivity index (χ4v) is 2.46. The molecule has 0 atom stereocenters. The van der Waals surface area contributed by atoms with Crippen molar-refractivity contribution in [3.05, 3.63) is 58.9 Å². The van der Waals surface area contributed by atoms with Crippen LogP contribution in [0.5, 0.6) is 11.5 Å². The van der Waals surface area contributed by atoms with Gasteiger partial charge in [-0.25, -0.2) is 0 Å². The highest BCUT2D eigenvalue weighted by molar-refractivity contribution is 5.73. The van der Waals surface area contributed by atoms with Crippen molar-refractivity contribution < 1.29 is 9.47 Å². The lowest BCUT2D eigenvalue weighted by atomic mass is 10.1. The Morgan fingerprint density at radius 3 is 2.50 bits per heavy atom. The van der Waals surface area contributed by atoms with Gasteiger partial charge in [-0.15, -0.1) is 5.11 Å². The van der Waals surface area contributed by atoms with E-state index in [2.05, 4.69) is 20.4 Å². The molecule has 7 heteroatoms. The molecule has 7 nitrogen and oxygen atoms in total. The number of nitrogens with one attached hydrogen (secondary N) is 2. The Kier molecular flexibility index (Phi) is 3.59. The number of aromatic nitrogens is 2. The lowest BCUT2D eigenvalue weighted by Crippen LogP contribution is -2.15. The SMILES string of the molecule is O=c1[nH][nH]c(-c2ccc3c(c2)OCCO3)c1N=Nc1ccccc1. The minimum Gasteiger partial charge on any atom is -0.486 e.